The van der Waals surface area contributed by atoms with Gasteiger partial charge in [0.2, 0.25) is 17.8 Å². The van der Waals surface area contributed by atoms with Gasteiger partial charge in [-0.15, -0.1) is 0 Å². The molecule has 0 radical (unpaired) electrons. The molecule has 29 nitrogen and oxygen atoms in total. The van der Waals surface area contributed by atoms with Crippen molar-refractivity contribution in [1.29, 1.82) is 0 Å². The van der Waals surface area contributed by atoms with Crippen LogP contribution in [0.15, 0.2) is 165 Å². The first-order valence-corrected chi connectivity index (χ1v) is 52.1. The third-order valence-electron chi connectivity index (χ3n) is 24.4. The number of carbonyl (C=O) groups excluding carboxylic acids is 1. The van der Waals surface area contributed by atoms with Crippen LogP contribution in [0.5, 0.6) is 28.7 Å². The summed E-state index contributed by atoms with van der Waals surface area (Å²) in [7, 11) is 4.55. The number of fused-ring (bicyclic) bond motifs is 3. The largest absolute Gasteiger partial charge is 0.495 e. The highest BCUT2D eigenvalue weighted by Crippen LogP contribution is 2.49. The molecule has 4 aliphatic heterocycles. The Labute approximate surface area is 770 Å². The Morgan fingerprint density at radius 2 is 0.954 bits per heavy atom. The number of aromatic nitrogens is 8. The van der Waals surface area contributed by atoms with Crippen LogP contribution in [-0.4, -0.2) is 216 Å². The van der Waals surface area contributed by atoms with Gasteiger partial charge in [0, 0.05) is 144 Å². The number of carbonyl (C=O) groups is 1. The summed E-state index contributed by atoms with van der Waals surface area (Å²) >= 11 is 13.0. The van der Waals surface area contributed by atoms with E-state index in [1.54, 1.807) is 92.9 Å². The lowest BCUT2D eigenvalue weighted by atomic mass is 9.72. The second kappa shape index (κ2) is 39.7. The van der Waals surface area contributed by atoms with Gasteiger partial charge in [0.05, 0.1) is 79.7 Å². The molecule has 34 heteroatoms. The van der Waals surface area contributed by atoms with Crippen molar-refractivity contribution in [2.24, 2.45) is 10.8 Å². The van der Waals surface area contributed by atoms with Crippen LogP contribution in [-0.2, 0) is 33.1 Å². The number of aryl methyl sites for hydroxylation is 3. The molecular weight excluding hydrogens is 1740 g/mol. The van der Waals surface area contributed by atoms with Gasteiger partial charge in [-0.2, -0.15) is 15.0 Å². The first-order valence-electron chi connectivity index (χ1n) is 43.5. The van der Waals surface area contributed by atoms with E-state index in [1.165, 1.54) is 91.5 Å². The Balaban J connectivity index is 0.000000150. The van der Waals surface area contributed by atoms with E-state index >= 15 is 0 Å². The summed E-state index contributed by atoms with van der Waals surface area (Å²) in [5.41, 5.74) is 13.2. The lowest BCUT2D eigenvalue weighted by molar-refractivity contribution is 0.00124. The first-order chi connectivity index (χ1) is 62.2. The summed E-state index contributed by atoms with van der Waals surface area (Å²) in [5, 5.41) is 30.0. The Morgan fingerprint density at radius 3 is 1.42 bits per heavy atom. The van der Waals surface area contributed by atoms with Gasteiger partial charge in [0.15, 0.2) is 23.2 Å². The van der Waals surface area contributed by atoms with E-state index in [-0.39, 0.29) is 17.5 Å². The quantitative estimate of drug-likeness (QED) is 0.0186. The predicted molar refractivity (Wildman–Crippen MR) is 530 cm³/mol. The number of piperidine rings is 2. The predicted octanol–water partition coefficient (Wildman–Crippen LogP) is 18.5. The van der Waals surface area contributed by atoms with E-state index in [2.05, 4.69) is 145 Å². The molecule has 682 valence electrons. The van der Waals surface area contributed by atoms with Gasteiger partial charge in [-0.05, 0) is 210 Å². The van der Waals surface area contributed by atoms with Crippen molar-refractivity contribution < 1.29 is 42.2 Å². The topological polar surface area (TPSA) is 318 Å². The van der Waals surface area contributed by atoms with Crippen molar-refractivity contribution in [2.45, 2.75) is 65.3 Å². The fourth-order valence-corrected chi connectivity index (χ4v) is 23.3. The minimum absolute atomic E-state index is 0.134. The second-order valence-corrected chi connectivity index (χ2v) is 45.9. The Kier molecular flexibility index (Phi) is 28.5. The fraction of sp³-hybridized carbons (Fsp3) is 0.365. The lowest BCUT2D eigenvalue weighted by Gasteiger charge is -2.53. The van der Waals surface area contributed by atoms with E-state index in [9.17, 15) is 18.5 Å². The van der Waals surface area contributed by atoms with E-state index in [0.29, 0.717) is 109 Å². The highest BCUT2D eigenvalue weighted by molar-refractivity contribution is 7.71. The maximum absolute atomic E-state index is 13.6. The van der Waals surface area contributed by atoms with Gasteiger partial charge in [0.25, 0.3) is 0 Å². The van der Waals surface area contributed by atoms with Crippen LogP contribution in [0.25, 0.3) is 21.5 Å². The molecule has 5 aliphatic rings. The van der Waals surface area contributed by atoms with Crippen molar-refractivity contribution in [3.63, 3.8) is 0 Å². The zero-order chi connectivity index (χ0) is 92.0. The van der Waals surface area contributed by atoms with E-state index in [4.69, 9.17) is 56.9 Å². The summed E-state index contributed by atoms with van der Waals surface area (Å²) in [6, 6.07) is 41.4. The molecule has 1 amide bonds. The van der Waals surface area contributed by atoms with Crippen LogP contribution in [0.1, 0.15) is 60.1 Å². The molecule has 0 unspecified atom stereocenters. The molecule has 2 spiro atoms. The van der Waals surface area contributed by atoms with Crippen molar-refractivity contribution in [3.05, 3.63) is 203 Å². The highest BCUT2D eigenvalue weighted by Gasteiger charge is 2.45. The number of amides is 1. The molecule has 130 heavy (non-hydrogen) atoms. The number of methoxy groups -OCH3 is 3. The summed E-state index contributed by atoms with van der Waals surface area (Å²) in [5.74, 6) is 4.83. The summed E-state index contributed by atoms with van der Waals surface area (Å²) in [6.07, 6.45) is 16.9. The number of ether oxygens (including phenoxy) is 5. The average Bonchev–Trinajstić information content (AvgIpc) is 1.33. The van der Waals surface area contributed by atoms with Crippen LogP contribution >= 0.6 is 44.6 Å². The number of likely N-dealkylation sites (tertiary alicyclic amines) is 2. The SMILES string of the molecule is COc1cc(N2CCC3(CC2)CN(C)C3)c(C)cc1Nc1ncc(Cl)c(Nc2ccc3c(c2P(C)(C)=O)CCC3)n1.COc1cc(N2CCC3(CC2)CN(C)C3)c(C)cc1Nc1ncc(OC(=O)N(C)C)c(Nc2ccc3ccccc3c2P(C)(C)=O)n1.COc1ccc(OCCNCc2cnccn2)cc1Nc1ncc(Cl)c(Nc2ccc3ccccc3c2P(C)(C)=O)n1. The number of rotatable bonds is 27. The van der Waals surface area contributed by atoms with Crippen molar-refractivity contribution in [2.75, 3.05) is 197 Å². The van der Waals surface area contributed by atoms with Gasteiger partial charge in [0.1, 0.15) is 61.1 Å². The van der Waals surface area contributed by atoms with Crippen molar-refractivity contribution >= 4 is 169 Å². The number of benzene rings is 8. The van der Waals surface area contributed by atoms with E-state index < -0.39 is 27.5 Å². The fourth-order valence-electron chi connectivity index (χ4n) is 18.4. The molecule has 17 rings (SSSR count). The van der Waals surface area contributed by atoms with Crippen LogP contribution in [0, 0.1) is 24.7 Å². The number of hydrogen-bond acceptors (Lipinski definition) is 28. The van der Waals surface area contributed by atoms with Gasteiger partial charge in [-0.25, -0.2) is 19.7 Å². The summed E-state index contributed by atoms with van der Waals surface area (Å²) in [4.78, 5) is 59.3. The maximum Gasteiger partial charge on any atom is 0.414 e. The van der Waals surface area contributed by atoms with Crippen LogP contribution in [0.2, 0.25) is 10.0 Å². The number of nitrogens with one attached hydrogen (secondary N) is 7. The Bertz CT molecular complexity index is 6310. The second-order valence-electron chi connectivity index (χ2n) is 35.7. The zero-order valence-electron chi connectivity index (χ0n) is 76.4. The molecule has 7 N–H and O–H groups in total. The summed E-state index contributed by atoms with van der Waals surface area (Å²) in [6.45, 7) is 25.5. The molecule has 0 bridgehead atoms. The normalized spacial score (nSPS) is 15.2. The van der Waals surface area contributed by atoms with Gasteiger partial charge >= 0.3 is 6.09 Å². The number of hydrogen-bond donors (Lipinski definition) is 7. The molecule has 12 aromatic rings. The molecule has 1 aliphatic carbocycles. The Morgan fingerprint density at radius 1 is 0.492 bits per heavy atom. The molecule has 4 aromatic heterocycles. The van der Waals surface area contributed by atoms with Gasteiger partial charge in [-0.1, -0.05) is 89.9 Å². The third-order valence-corrected chi connectivity index (χ3v) is 29.7. The standard InChI is InChI=1S/C35H44N7O4P.C31H40ClN6O2P.C30H31ClN7O3P/c1-23-18-27(29(45-5)19-28(23)42-16-14-35(15-17-42)21-41(4)22-35)38-33-36-20-30(46-34(43)40(2)3)32(39-33)37-26-13-12-24-10-8-9-11-25(24)31(26)47(6,7)44;1-20-15-25(27(40-3)16-26(20)38-13-11-31(12-14-38)18-37(2)19-31)35-30-33-17-23(32)29(36-30)34-24-10-9-21-7-6-8-22(21)28(24)41(4,5)39;1-40-27-11-9-22(41-15-14-33-18-21-17-32-12-13-34-21)16-26(27)37-30-35-19-24(31)29(38-30)36-25-10-8-20-6-4-5-7-23(20)28(25)42(2,3)39/h8-13,18-20H,14-17,21-22H2,1-7H3,(H2,36,37,38,39);9-10,15-17H,6-8,11-14,18-19H2,1-5H3,(H2,33,34,35,36);4-13,16-17,19,33H,14-15,18H2,1-3H3,(H2,35,36,37,38). The van der Waals surface area contributed by atoms with Crippen LogP contribution < -0.4 is 86.6 Å². The smallest absolute Gasteiger partial charge is 0.414 e. The minimum atomic E-state index is -2.76. The minimum Gasteiger partial charge on any atom is -0.495 e. The molecule has 4 saturated heterocycles. The molecule has 8 aromatic carbocycles. The molecule has 8 heterocycles. The lowest BCUT2D eigenvalue weighted by Crippen LogP contribution is -2.58. The third kappa shape index (κ3) is 21.8. The van der Waals surface area contributed by atoms with Crippen molar-refractivity contribution in [1.82, 2.24) is 59.9 Å². The van der Waals surface area contributed by atoms with Gasteiger partial charge in [-0.3, -0.25) is 9.97 Å². The zero-order valence-corrected chi connectivity index (χ0v) is 80.6. The van der Waals surface area contributed by atoms with Crippen LogP contribution in [0.3, 0.4) is 0 Å². The highest BCUT2D eigenvalue weighted by atomic mass is 35.5. The van der Waals surface area contributed by atoms with E-state index in [0.717, 1.165) is 112 Å². The van der Waals surface area contributed by atoms with E-state index in [1.807, 2.05) is 104 Å². The Hall–Kier alpha value is -11.4. The monoisotopic (exact) mass is 1850 g/mol. The maximum atomic E-state index is 13.6. The van der Waals surface area contributed by atoms with Gasteiger partial charge < -0.3 is 99.1 Å². The molecule has 0 saturated carbocycles. The van der Waals surface area contributed by atoms with Crippen molar-refractivity contribution in [3.8, 4) is 28.7 Å². The molecule has 4 fully saturated rings. The number of halogens is 2. The average molecular weight is 1860 g/mol. The number of anilines is 14. The molecule has 0 atom stereocenters. The number of nitrogens with zero attached hydrogens (tertiary/aromatic N) is 13. The molecular formula is C96H115Cl2N20O9P3. The van der Waals surface area contributed by atoms with Crippen LogP contribution in [0.4, 0.5) is 85.6 Å². The summed E-state index contributed by atoms with van der Waals surface area (Å²) < 4.78 is 69.1. The first kappa shape index (κ1) is 93.3.